The van der Waals surface area contributed by atoms with E-state index >= 15 is 0 Å². The van der Waals surface area contributed by atoms with E-state index in [2.05, 4.69) is 0 Å². The maximum atomic E-state index is 11.7. The molecule has 0 radical (unpaired) electrons. The summed E-state index contributed by atoms with van der Waals surface area (Å²) in [6.07, 6.45) is -0.0593. The number of amides is 1. The minimum atomic E-state index is -1.04. The number of nitrogens with zero attached hydrogens (tertiary/aromatic N) is 1. The maximum Gasteiger partial charge on any atom is 0.323 e. The van der Waals surface area contributed by atoms with Crippen LogP contribution in [-0.2, 0) is 14.3 Å². The minimum Gasteiger partial charge on any atom is -0.480 e. The monoisotopic (exact) mass is 218 g/mol. The normalized spacial score (nSPS) is 12.2. The zero-order valence-electron chi connectivity index (χ0n) is 9.10. The van der Waals surface area contributed by atoms with E-state index in [1.807, 2.05) is 6.92 Å². The Morgan fingerprint density at radius 2 is 2.13 bits per heavy atom. The second kappa shape index (κ2) is 7.19. The van der Waals surface area contributed by atoms with E-state index in [0.717, 1.165) is 0 Å². The highest BCUT2D eigenvalue weighted by Crippen LogP contribution is 1.99. The molecule has 0 heterocycles. The Bertz CT molecular complexity index is 216. The zero-order valence-corrected chi connectivity index (χ0v) is 9.10. The van der Waals surface area contributed by atoms with Gasteiger partial charge in [0.15, 0.2) is 0 Å². The number of rotatable bonds is 7. The molecule has 0 aliphatic heterocycles. The first-order valence-corrected chi connectivity index (χ1v) is 4.80. The predicted octanol–water partition coefficient (Wildman–Crippen LogP) is -0.717. The Morgan fingerprint density at radius 1 is 1.53 bits per heavy atom. The molecule has 0 fully saturated rings. The van der Waals surface area contributed by atoms with Gasteiger partial charge in [0.1, 0.15) is 12.6 Å². The highest BCUT2D eigenvalue weighted by atomic mass is 16.5. The third-order valence-electron chi connectivity index (χ3n) is 1.91. The van der Waals surface area contributed by atoms with Crippen molar-refractivity contribution in [3.8, 4) is 0 Å². The summed E-state index contributed by atoms with van der Waals surface area (Å²) in [7, 11) is 1.38. The first kappa shape index (κ1) is 13.9. The third kappa shape index (κ3) is 4.75. The summed E-state index contributed by atoms with van der Waals surface area (Å²) in [5.41, 5.74) is 5.33. The van der Waals surface area contributed by atoms with Gasteiger partial charge in [-0.1, -0.05) is 6.92 Å². The van der Waals surface area contributed by atoms with Crippen LogP contribution in [0.15, 0.2) is 0 Å². The van der Waals surface area contributed by atoms with Crippen molar-refractivity contribution in [2.24, 2.45) is 5.73 Å². The largest absolute Gasteiger partial charge is 0.480 e. The van der Waals surface area contributed by atoms with Crippen molar-refractivity contribution in [2.75, 3.05) is 26.7 Å². The number of carboxylic acid groups (broad SMARTS) is 1. The molecule has 0 aliphatic carbocycles. The van der Waals surface area contributed by atoms with Gasteiger partial charge in [0.25, 0.3) is 5.91 Å². The van der Waals surface area contributed by atoms with Gasteiger partial charge in [0.2, 0.25) is 0 Å². The molecule has 0 saturated heterocycles. The van der Waals surface area contributed by atoms with Gasteiger partial charge >= 0.3 is 5.97 Å². The van der Waals surface area contributed by atoms with Crippen molar-refractivity contribution in [2.45, 2.75) is 19.4 Å². The van der Waals surface area contributed by atoms with Crippen LogP contribution < -0.4 is 5.73 Å². The molecule has 1 unspecified atom stereocenters. The Kier molecular flexibility index (Phi) is 6.64. The van der Waals surface area contributed by atoms with E-state index < -0.39 is 12.1 Å². The lowest BCUT2D eigenvalue weighted by atomic mass is 10.2. The highest BCUT2D eigenvalue weighted by molar-refractivity contribution is 5.84. The quantitative estimate of drug-likeness (QED) is 0.588. The van der Waals surface area contributed by atoms with Crippen LogP contribution in [0.1, 0.15) is 13.3 Å². The number of nitrogens with two attached hydrogens (primary N) is 1. The Balaban J connectivity index is 4.45. The number of carbonyl (C=O) groups is 2. The maximum absolute atomic E-state index is 11.7. The molecule has 3 N–H and O–H groups in total. The van der Waals surface area contributed by atoms with Crippen molar-refractivity contribution in [1.82, 2.24) is 4.90 Å². The van der Waals surface area contributed by atoms with Gasteiger partial charge in [-0.15, -0.1) is 0 Å². The van der Waals surface area contributed by atoms with E-state index in [1.54, 1.807) is 0 Å². The SMILES string of the molecule is CCCN(CC(=O)O)C(=O)C(CN)OC. The van der Waals surface area contributed by atoms with Crippen molar-refractivity contribution in [3.63, 3.8) is 0 Å². The lowest BCUT2D eigenvalue weighted by Crippen LogP contribution is -2.46. The number of ether oxygens (including phenoxy) is 1. The van der Waals surface area contributed by atoms with Crippen molar-refractivity contribution in [1.29, 1.82) is 0 Å². The molecule has 0 rings (SSSR count). The zero-order chi connectivity index (χ0) is 11.8. The second-order valence-electron chi connectivity index (χ2n) is 3.11. The van der Waals surface area contributed by atoms with Crippen molar-refractivity contribution < 1.29 is 19.4 Å². The molecule has 1 atom stereocenters. The molecular formula is C9H18N2O4. The van der Waals surface area contributed by atoms with Gasteiger partial charge < -0.3 is 20.5 Å². The average molecular weight is 218 g/mol. The van der Waals surface area contributed by atoms with Crippen LogP contribution in [0, 0.1) is 0 Å². The fourth-order valence-electron chi connectivity index (χ4n) is 1.20. The molecule has 0 aromatic carbocycles. The Labute approximate surface area is 89.0 Å². The van der Waals surface area contributed by atoms with E-state index in [9.17, 15) is 9.59 Å². The summed E-state index contributed by atoms with van der Waals surface area (Å²) in [5.74, 6) is -1.41. The molecule has 1 amide bonds. The lowest BCUT2D eigenvalue weighted by Gasteiger charge is -2.24. The van der Waals surface area contributed by atoms with Crippen LogP contribution in [-0.4, -0.2) is 54.7 Å². The molecule has 6 nitrogen and oxygen atoms in total. The fourth-order valence-corrected chi connectivity index (χ4v) is 1.20. The number of methoxy groups -OCH3 is 1. The third-order valence-corrected chi connectivity index (χ3v) is 1.91. The number of hydrogen-bond donors (Lipinski definition) is 2. The van der Waals surface area contributed by atoms with Crippen LogP contribution in [0.25, 0.3) is 0 Å². The summed E-state index contributed by atoms with van der Waals surface area (Å²) < 4.78 is 4.86. The lowest BCUT2D eigenvalue weighted by molar-refractivity contribution is -0.149. The first-order valence-electron chi connectivity index (χ1n) is 4.80. The molecule has 0 spiro atoms. The molecule has 0 aromatic heterocycles. The smallest absolute Gasteiger partial charge is 0.323 e. The summed E-state index contributed by atoms with van der Waals surface area (Å²) >= 11 is 0. The van der Waals surface area contributed by atoms with Crippen LogP contribution in [0.3, 0.4) is 0 Å². The summed E-state index contributed by atoms with van der Waals surface area (Å²) in [5, 5.41) is 8.62. The topological polar surface area (TPSA) is 92.9 Å². The van der Waals surface area contributed by atoms with E-state index in [0.29, 0.717) is 13.0 Å². The predicted molar refractivity (Wildman–Crippen MR) is 54.4 cm³/mol. The van der Waals surface area contributed by atoms with E-state index in [-0.39, 0.29) is 19.0 Å². The summed E-state index contributed by atoms with van der Waals surface area (Å²) in [6, 6.07) is 0. The standard InChI is InChI=1S/C9H18N2O4/c1-3-4-11(6-8(12)13)9(14)7(5-10)15-2/h7H,3-6,10H2,1-2H3,(H,12,13). The van der Waals surface area contributed by atoms with E-state index in [4.69, 9.17) is 15.6 Å². The van der Waals surface area contributed by atoms with Gasteiger partial charge in [-0.3, -0.25) is 9.59 Å². The number of carboxylic acids is 1. The molecule has 0 aliphatic rings. The van der Waals surface area contributed by atoms with Gasteiger partial charge in [-0.25, -0.2) is 0 Å². The average Bonchev–Trinajstić information content (AvgIpc) is 2.18. The highest BCUT2D eigenvalue weighted by Gasteiger charge is 2.23. The number of carbonyl (C=O) groups excluding carboxylic acids is 1. The molecule has 88 valence electrons. The molecule has 0 saturated carbocycles. The molecule has 0 bridgehead atoms. The van der Waals surface area contributed by atoms with Crippen LogP contribution >= 0.6 is 0 Å². The first-order chi connectivity index (χ1) is 7.06. The Morgan fingerprint density at radius 3 is 2.47 bits per heavy atom. The Hall–Kier alpha value is -1.14. The minimum absolute atomic E-state index is 0.0508. The van der Waals surface area contributed by atoms with Gasteiger partial charge in [-0.05, 0) is 6.42 Å². The van der Waals surface area contributed by atoms with Crippen LogP contribution in [0.4, 0.5) is 0 Å². The number of aliphatic carboxylic acids is 1. The van der Waals surface area contributed by atoms with Crippen molar-refractivity contribution in [3.05, 3.63) is 0 Å². The molecule has 0 aromatic rings. The van der Waals surface area contributed by atoms with E-state index in [1.165, 1.54) is 12.0 Å². The molecular weight excluding hydrogens is 200 g/mol. The van der Waals surface area contributed by atoms with Gasteiger partial charge in [-0.2, -0.15) is 0 Å². The van der Waals surface area contributed by atoms with Gasteiger partial charge in [0.05, 0.1) is 0 Å². The fraction of sp³-hybridized carbons (Fsp3) is 0.778. The number of hydrogen-bond acceptors (Lipinski definition) is 4. The van der Waals surface area contributed by atoms with Crippen LogP contribution in [0.5, 0.6) is 0 Å². The summed E-state index contributed by atoms with van der Waals surface area (Å²) in [4.78, 5) is 23.5. The van der Waals surface area contributed by atoms with Gasteiger partial charge in [0, 0.05) is 20.2 Å². The second-order valence-corrected chi connectivity index (χ2v) is 3.11. The molecule has 15 heavy (non-hydrogen) atoms. The summed E-state index contributed by atoms with van der Waals surface area (Å²) in [6.45, 7) is 2.00. The van der Waals surface area contributed by atoms with Crippen molar-refractivity contribution >= 4 is 11.9 Å². The van der Waals surface area contributed by atoms with Crippen LogP contribution in [0.2, 0.25) is 0 Å². The molecule has 6 heteroatoms.